The van der Waals surface area contributed by atoms with Crippen molar-refractivity contribution in [2.45, 2.75) is 32.9 Å². The van der Waals surface area contributed by atoms with Gasteiger partial charge in [-0.3, -0.25) is 0 Å². The maximum Gasteiger partial charge on any atom is 0.119 e. The molecule has 2 rings (SSSR count). The Morgan fingerprint density at radius 1 is 0.900 bits per heavy atom. The standard InChI is InChI=1S/C18H23NO/c1-13(2)20-18-10-8-15(9-11-18)17-7-5-6-16(12-17)14(3)19-4/h5-14,19H,1-4H3. The fourth-order valence-corrected chi connectivity index (χ4v) is 2.15. The van der Waals surface area contributed by atoms with Crippen molar-refractivity contribution in [1.82, 2.24) is 5.32 Å². The SMILES string of the molecule is CNC(C)c1cccc(-c2ccc(OC(C)C)cc2)c1. The smallest absolute Gasteiger partial charge is 0.119 e. The minimum atomic E-state index is 0.209. The van der Waals surface area contributed by atoms with Gasteiger partial charge in [-0.1, -0.05) is 30.3 Å². The van der Waals surface area contributed by atoms with E-state index in [9.17, 15) is 0 Å². The van der Waals surface area contributed by atoms with Crippen molar-refractivity contribution in [3.8, 4) is 16.9 Å². The summed E-state index contributed by atoms with van der Waals surface area (Å²) in [5, 5.41) is 3.27. The lowest BCUT2D eigenvalue weighted by atomic mass is 10.0. The van der Waals surface area contributed by atoms with Crippen LogP contribution in [0.25, 0.3) is 11.1 Å². The molecule has 1 unspecified atom stereocenters. The molecule has 0 aliphatic carbocycles. The van der Waals surface area contributed by atoms with E-state index in [0.29, 0.717) is 6.04 Å². The Hall–Kier alpha value is -1.80. The van der Waals surface area contributed by atoms with Crippen molar-refractivity contribution in [2.75, 3.05) is 7.05 Å². The van der Waals surface area contributed by atoms with E-state index in [1.54, 1.807) is 0 Å². The fraction of sp³-hybridized carbons (Fsp3) is 0.333. The molecular weight excluding hydrogens is 246 g/mol. The minimum Gasteiger partial charge on any atom is -0.491 e. The van der Waals surface area contributed by atoms with Crippen LogP contribution >= 0.6 is 0 Å². The van der Waals surface area contributed by atoms with Gasteiger partial charge in [0.1, 0.15) is 5.75 Å². The van der Waals surface area contributed by atoms with Crippen molar-refractivity contribution < 1.29 is 4.74 Å². The Kier molecular flexibility index (Phi) is 4.80. The lowest BCUT2D eigenvalue weighted by Gasteiger charge is -2.13. The number of ether oxygens (including phenoxy) is 1. The van der Waals surface area contributed by atoms with E-state index in [4.69, 9.17) is 4.74 Å². The van der Waals surface area contributed by atoms with Crippen molar-refractivity contribution in [2.24, 2.45) is 0 Å². The molecule has 0 saturated heterocycles. The molecule has 0 aliphatic heterocycles. The third-order valence-corrected chi connectivity index (χ3v) is 3.38. The quantitative estimate of drug-likeness (QED) is 0.867. The predicted octanol–water partition coefficient (Wildman–Crippen LogP) is 4.42. The summed E-state index contributed by atoms with van der Waals surface area (Å²) in [6.45, 7) is 6.24. The highest BCUT2D eigenvalue weighted by Crippen LogP contribution is 2.25. The zero-order chi connectivity index (χ0) is 14.5. The molecule has 20 heavy (non-hydrogen) atoms. The second-order valence-electron chi connectivity index (χ2n) is 5.33. The van der Waals surface area contributed by atoms with Gasteiger partial charge in [-0.2, -0.15) is 0 Å². The highest BCUT2D eigenvalue weighted by molar-refractivity contribution is 5.65. The maximum atomic E-state index is 5.67. The van der Waals surface area contributed by atoms with Crippen LogP contribution in [0.2, 0.25) is 0 Å². The Balaban J connectivity index is 2.23. The second-order valence-corrected chi connectivity index (χ2v) is 5.33. The average Bonchev–Trinajstić information content (AvgIpc) is 2.47. The summed E-state index contributed by atoms with van der Waals surface area (Å²) in [5.74, 6) is 0.920. The fourth-order valence-electron chi connectivity index (χ4n) is 2.15. The van der Waals surface area contributed by atoms with E-state index in [0.717, 1.165) is 5.75 Å². The van der Waals surface area contributed by atoms with Crippen LogP contribution in [0.1, 0.15) is 32.4 Å². The first-order chi connectivity index (χ1) is 9.60. The molecule has 0 bridgehead atoms. The van der Waals surface area contributed by atoms with Gasteiger partial charge < -0.3 is 10.1 Å². The van der Waals surface area contributed by atoms with E-state index in [1.165, 1.54) is 16.7 Å². The van der Waals surface area contributed by atoms with Crippen molar-refractivity contribution >= 4 is 0 Å². The summed E-state index contributed by atoms with van der Waals surface area (Å²) in [4.78, 5) is 0. The summed E-state index contributed by atoms with van der Waals surface area (Å²) >= 11 is 0. The second kappa shape index (κ2) is 6.58. The van der Waals surface area contributed by atoms with Crippen LogP contribution in [0.4, 0.5) is 0 Å². The zero-order valence-electron chi connectivity index (χ0n) is 12.7. The van der Waals surface area contributed by atoms with Crippen LogP contribution in [0.5, 0.6) is 5.75 Å². The number of rotatable bonds is 5. The van der Waals surface area contributed by atoms with Crippen LogP contribution in [0.15, 0.2) is 48.5 Å². The Bertz CT molecular complexity index is 546. The van der Waals surface area contributed by atoms with Gasteiger partial charge in [0.2, 0.25) is 0 Å². The first-order valence-electron chi connectivity index (χ1n) is 7.14. The van der Waals surface area contributed by atoms with E-state index in [-0.39, 0.29) is 6.10 Å². The highest BCUT2D eigenvalue weighted by atomic mass is 16.5. The number of nitrogens with one attached hydrogen (secondary N) is 1. The molecule has 2 heteroatoms. The third kappa shape index (κ3) is 3.61. The van der Waals surface area contributed by atoms with Gasteiger partial charge in [0, 0.05) is 6.04 Å². The monoisotopic (exact) mass is 269 g/mol. The van der Waals surface area contributed by atoms with Gasteiger partial charge >= 0.3 is 0 Å². The largest absolute Gasteiger partial charge is 0.491 e. The van der Waals surface area contributed by atoms with Crippen molar-refractivity contribution in [3.63, 3.8) is 0 Å². The van der Waals surface area contributed by atoms with Gasteiger partial charge in [0.05, 0.1) is 6.10 Å². The Morgan fingerprint density at radius 3 is 2.20 bits per heavy atom. The molecule has 0 fully saturated rings. The molecule has 0 aliphatic rings. The summed E-state index contributed by atoms with van der Waals surface area (Å²) in [6.07, 6.45) is 0.209. The van der Waals surface area contributed by atoms with Crippen LogP contribution in [0, 0.1) is 0 Å². The van der Waals surface area contributed by atoms with Gasteiger partial charge in [-0.05, 0) is 62.7 Å². The van der Waals surface area contributed by atoms with E-state index in [2.05, 4.69) is 48.6 Å². The molecule has 0 saturated carbocycles. The van der Waals surface area contributed by atoms with E-state index in [1.807, 2.05) is 33.0 Å². The molecule has 2 nitrogen and oxygen atoms in total. The molecule has 1 N–H and O–H groups in total. The first-order valence-corrected chi connectivity index (χ1v) is 7.14. The van der Waals surface area contributed by atoms with Gasteiger partial charge in [-0.15, -0.1) is 0 Å². The van der Waals surface area contributed by atoms with Crippen molar-refractivity contribution in [3.05, 3.63) is 54.1 Å². The molecule has 106 valence electrons. The van der Waals surface area contributed by atoms with E-state index >= 15 is 0 Å². The third-order valence-electron chi connectivity index (χ3n) is 3.38. The normalized spacial score (nSPS) is 12.4. The molecular formula is C18H23NO. The minimum absolute atomic E-state index is 0.209. The van der Waals surface area contributed by atoms with Gasteiger partial charge in [0.25, 0.3) is 0 Å². The topological polar surface area (TPSA) is 21.3 Å². The summed E-state index contributed by atoms with van der Waals surface area (Å²) < 4.78 is 5.67. The van der Waals surface area contributed by atoms with Gasteiger partial charge in [-0.25, -0.2) is 0 Å². The predicted molar refractivity (Wildman–Crippen MR) is 85.1 cm³/mol. The van der Waals surface area contributed by atoms with Crippen LogP contribution in [0.3, 0.4) is 0 Å². The Labute approximate surface area is 121 Å². The molecule has 2 aromatic rings. The van der Waals surface area contributed by atoms with Crippen LogP contribution < -0.4 is 10.1 Å². The van der Waals surface area contributed by atoms with Crippen LogP contribution in [-0.4, -0.2) is 13.2 Å². The molecule has 1 atom stereocenters. The summed E-state index contributed by atoms with van der Waals surface area (Å²) in [7, 11) is 1.98. The number of benzene rings is 2. The summed E-state index contributed by atoms with van der Waals surface area (Å²) in [5.41, 5.74) is 3.75. The molecule has 2 aromatic carbocycles. The van der Waals surface area contributed by atoms with Crippen LogP contribution in [-0.2, 0) is 0 Å². The number of hydrogen-bond donors (Lipinski definition) is 1. The van der Waals surface area contributed by atoms with Crippen molar-refractivity contribution in [1.29, 1.82) is 0 Å². The molecule has 0 heterocycles. The maximum absolute atomic E-state index is 5.67. The molecule has 0 aromatic heterocycles. The number of hydrogen-bond acceptors (Lipinski definition) is 2. The average molecular weight is 269 g/mol. The highest BCUT2D eigenvalue weighted by Gasteiger charge is 2.05. The zero-order valence-corrected chi connectivity index (χ0v) is 12.7. The lowest BCUT2D eigenvalue weighted by Crippen LogP contribution is -2.12. The lowest BCUT2D eigenvalue weighted by molar-refractivity contribution is 0.242. The van der Waals surface area contributed by atoms with Gasteiger partial charge in [0.15, 0.2) is 0 Å². The first kappa shape index (κ1) is 14.6. The Morgan fingerprint density at radius 2 is 1.60 bits per heavy atom. The molecule has 0 spiro atoms. The van der Waals surface area contributed by atoms with E-state index < -0.39 is 0 Å². The molecule has 0 amide bonds. The molecule has 0 radical (unpaired) electrons. The summed E-state index contributed by atoms with van der Waals surface area (Å²) in [6, 6.07) is 17.3.